The van der Waals surface area contributed by atoms with Gasteiger partial charge in [-0.2, -0.15) is 5.26 Å². The molecule has 0 heterocycles. The largest absolute Gasteiger partial charge is 0.361 e. The second kappa shape index (κ2) is 6.95. The molecule has 0 N–H and O–H groups in total. The molecule has 1 aliphatic carbocycles. The third-order valence-electron chi connectivity index (χ3n) is 3.59. The Balaban J connectivity index is 2.03. The molecule has 0 unspecified atom stereocenters. The lowest BCUT2D eigenvalue weighted by molar-refractivity contribution is -0.130. The van der Waals surface area contributed by atoms with Gasteiger partial charge in [-0.1, -0.05) is 18.2 Å². The average molecular weight is 271 g/mol. The first kappa shape index (κ1) is 14.4. The molecule has 106 valence electrons. The van der Waals surface area contributed by atoms with Gasteiger partial charge >= 0.3 is 0 Å². The van der Waals surface area contributed by atoms with Crippen molar-refractivity contribution >= 4 is 11.6 Å². The van der Waals surface area contributed by atoms with Gasteiger partial charge in [0.05, 0.1) is 19.0 Å². The topological polar surface area (TPSA) is 47.3 Å². The summed E-state index contributed by atoms with van der Waals surface area (Å²) >= 11 is 0. The van der Waals surface area contributed by atoms with Crippen molar-refractivity contribution in [3.63, 3.8) is 0 Å². The molecule has 4 heteroatoms. The summed E-state index contributed by atoms with van der Waals surface area (Å²) in [7, 11) is 0. The van der Waals surface area contributed by atoms with Crippen LogP contribution in [0.5, 0.6) is 0 Å². The number of hydrogen-bond donors (Lipinski definition) is 0. The summed E-state index contributed by atoms with van der Waals surface area (Å²) in [4.78, 5) is 16.4. The van der Waals surface area contributed by atoms with Gasteiger partial charge in [0.25, 0.3) is 0 Å². The van der Waals surface area contributed by atoms with Crippen LogP contribution >= 0.6 is 0 Å². The molecule has 0 atom stereocenters. The van der Waals surface area contributed by atoms with Crippen molar-refractivity contribution in [1.29, 1.82) is 5.26 Å². The van der Waals surface area contributed by atoms with Crippen molar-refractivity contribution in [2.75, 3.05) is 24.5 Å². The number of likely N-dealkylation sites (N-methyl/N-ethyl adjacent to an activating group) is 1. The van der Waals surface area contributed by atoms with E-state index in [1.54, 1.807) is 0 Å². The van der Waals surface area contributed by atoms with E-state index >= 15 is 0 Å². The fraction of sp³-hybridized carbons (Fsp3) is 0.500. The maximum atomic E-state index is 12.4. The van der Waals surface area contributed by atoms with Crippen LogP contribution in [0, 0.1) is 11.3 Å². The van der Waals surface area contributed by atoms with Gasteiger partial charge in [0, 0.05) is 24.8 Å². The molecule has 1 aromatic carbocycles. The van der Waals surface area contributed by atoms with Crippen molar-refractivity contribution in [1.82, 2.24) is 4.90 Å². The van der Waals surface area contributed by atoms with Gasteiger partial charge < -0.3 is 9.80 Å². The number of carbonyl (C=O) groups excluding carboxylic acids is 1. The molecule has 0 saturated heterocycles. The van der Waals surface area contributed by atoms with E-state index in [4.69, 9.17) is 5.26 Å². The first-order valence-electron chi connectivity index (χ1n) is 7.22. The minimum Gasteiger partial charge on any atom is -0.361 e. The van der Waals surface area contributed by atoms with Crippen molar-refractivity contribution in [3.05, 3.63) is 30.3 Å². The predicted molar refractivity (Wildman–Crippen MR) is 79.3 cm³/mol. The van der Waals surface area contributed by atoms with E-state index in [-0.39, 0.29) is 5.91 Å². The van der Waals surface area contributed by atoms with E-state index in [9.17, 15) is 4.79 Å². The van der Waals surface area contributed by atoms with Gasteiger partial charge in [-0.15, -0.1) is 0 Å². The molecule has 0 aromatic heterocycles. The van der Waals surface area contributed by atoms with Crippen LogP contribution in [-0.4, -0.2) is 36.5 Å². The number of benzene rings is 1. The Labute approximate surface area is 120 Å². The summed E-state index contributed by atoms with van der Waals surface area (Å²) in [6, 6.07) is 12.4. The third kappa shape index (κ3) is 3.74. The summed E-state index contributed by atoms with van der Waals surface area (Å²) in [6.07, 6.45) is 2.68. The third-order valence-corrected chi connectivity index (χ3v) is 3.59. The molecule has 1 aromatic rings. The second-order valence-corrected chi connectivity index (χ2v) is 5.08. The molecule has 0 radical (unpaired) electrons. The molecule has 0 spiro atoms. The number of carbonyl (C=O) groups is 1. The van der Waals surface area contributed by atoms with Gasteiger partial charge in [-0.3, -0.25) is 4.79 Å². The summed E-state index contributed by atoms with van der Waals surface area (Å²) < 4.78 is 0. The Kier molecular flexibility index (Phi) is 5.00. The Morgan fingerprint density at radius 3 is 2.60 bits per heavy atom. The number of rotatable bonds is 7. The minimum atomic E-state index is 0.164. The van der Waals surface area contributed by atoms with Gasteiger partial charge in [-0.05, 0) is 31.9 Å². The standard InChI is InChI=1S/C16H21N3O/c1-2-19(15-9-10-15)16(20)13-18(12-6-11-17)14-7-4-3-5-8-14/h3-5,7-8,15H,2,6,9-10,12-13H2,1H3. The van der Waals surface area contributed by atoms with Crippen LogP contribution in [0.3, 0.4) is 0 Å². The molecule has 0 bridgehead atoms. The quantitative estimate of drug-likeness (QED) is 0.765. The number of nitriles is 1. The zero-order chi connectivity index (χ0) is 14.4. The van der Waals surface area contributed by atoms with E-state index in [0.717, 1.165) is 25.1 Å². The molecule has 20 heavy (non-hydrogen) atoms. The van der Waals surface area contributed by atoms with Crippen molar-refractivity contribution < 1.29 is 4.79 Å². The summed E-state index contributed by atoms with van der Waals surface area (Å²) in [6.45, 7) is 3.74. The van der Waals surface area contributed by atoms with Gasteiger partial charge in [0.15, 0.2) is 0 Å². The SMILES string of the molecule is CCN(C(=O)CN(CCC#N)c1ccccc1)C1CC1. The van der Waals surface area contributed by atoms with Crippen LogP contribution in [0.1, 0.15) is 26.2 Å². The fourth-order valence-electron chi connectivity index (χ4n) is 2.40. The highest BCUT2D eigenvalue weighted by Crippen LogP contribution is 2.27. The molecule has 1 amide bonds. The lowest BCUT2D eigenvalue weighted by atomic mass is 10.2. The number of hydrogen-bond acceptors (Lipinski definition) is 3. The molecule has 4 nitrogen and oxygen atoms in total. The van der Waals surface area contributed by atoms with Crippen molar-refractivity contribution in [2.24, 2.45) is 0 Å². The highest BCUT2D eigenvalue weighted by Gasteiger charge is 2.31. The van der Waals surface area contributed by atoms with E-state index in [1.807, 2.05) is 47.1 Å². The molecule has 1 aliphatic rings. The number of amides is 1. The van der Waals surface area contributed by atoms with Crippen LogP contribution in [0.4, 0.5) is 5.69 Å². The lowest BCUT2D eigenvalue weighted by Gasteiger charge is -2.27. The Bertz CT molecular complexity index is 476. The highest BCUT2D eigenvalue weighted by molar-refractivity contribution is 5.82. The van der Waals surface area contributed by atoms with E-state index in [1.165, 1.54) is 0 Å². The van der Waals surface area contributed by atoms with Crippen molar-refractivity contribution in [2.45, 2.75) is 32.2 Å². The lowest BCUT2D eigenvalue weighted by Crippen LogP contribution is -2.41. The van der Waals surface area contributed by atoms with Crippen LogP contribution < -0.4 is 4.90 Å². The Hall–Kier alpha value is -2.02. The Morgan fingerprint density at radius 2 is 2.05 bits per heavy atom. The van der Waals surface area contributed by atoms with Crippen LogP contribution in [0.2, 0.25) is 0 Å². The molecular weight excluding hydrogens is 250 g/mol. The average Bonchev–Trinajstić information content (AvgIpc) is 3.30. The van der Waals surface area contributed by atoms with Gasteiger partial charge in [0.1, 0.15) is 0 Å². The maximum absolute atomic E-state index is 12.4. The van der Waals surface area contributed by atoms with Gasteiger partial charge in [-0.25, -0.2) is 0 Å². The van der Waals surface area contributed by atoms with Crippen LogP contribution in [-0.2, 0) is 4.79 Å². The van der Waals surface area contributed by atoms with Crippen LogP contribution in [0.15, 0.2) is 30.3 Å². The van der Waals surface area contributed by atoms with Crippen LogP contribution in [0.25, 0.3) is 0 Å². The fourth-order valence-corrected chi connectivity index (χ4v) is 2.40. The number of nitrogens with zero attached hydrogens (tertiary/aromatic N) is 3. The number of para-hydroxylation sites is 1. The minimum absolute atomic E-state index is 0.164. The van der Waals surface area contributed by atoms with E-state index in [0.29, 0.717) is 25.6 Å². The molecule has 1 saturated carbocycles. The first-order valence-corrected chi connectivity index (χ1v) is 7.22. The molecule has 0 aliphatic heterocycles. The molecule has 1 fully saturated rings. The zero-order valence-corrected chi connectivity index (χ0v) is 12.0. The van der Waals surface area contributed by atoms with Crippen molar-refractivity contribution in [3.8, 4) is 6.07 Å². The van der Waals surface area contributed by atoms with E-state index in [2.05, 4.69) is 6.07 Å². The normalized spacial score (nSPS) is 13.6. The zero-order valence-electron chi connectivity index (χ0n) is 12.0. The predicted octanol–water partition coefficient (Wildman–Crippen LogP) is 2.42. The van der Waals surface area contributed by atoms with E-state index < -0.39 is 0 Å². The summed E-state index contributed by atoms with van der Waals surface area (Å²) in [5.74, 6) is 0.164. The monoisotopic (exact) mass is 271 g/mol. The first-order chi connectivity index (χ1) is 9.76. The summed E-state index contributed by atoms with van der Waals surface area (Å²) in [5, 5.41) is 8.78. The molecule has 2 rings (SSSR count). The number of anilines is 1. The summed E-state index contributed by atoms with van der Waals surface area (Å²) in [5.41, 5.74) is 1.00. The smallest absolute Gasteiger partial charge is 0.242 e. The Morgan fingerprint density at radius 1 is 1.35 bits per heavy atom. The second-order valence-electron chi connectivity index (χ2n) is 5.08. The van der Waals surface area contributed by atoms with Gasteiger partial charge in [0.2, 0.25) is 5.91 Å². The highest BCUT2D eigenvalue weighted by atomic mass is 16.2. The molecular formula is C16H21N3O. The maximum Gasteiger partial charge on any atom is 0.242 e.